The van der Waals surface area contributed by atoms with Gasteiger partial charge in [-0.25, -0.2) is 4.98 Å². The molecule has 0 saturated carbocycles. The fourth-order valence-electron chi connectivity index (χ4n) is 3.95. The number of nitrogen functional groups attached to an aromatic ring is 1. The molecule has 0 radical (unpaired) electrons. The Balaban J connectivity index is 1.63. The molecule has 4 nitrogen and oxygen atoms in total. The third-order valence-corrected chi connectivity index (χ3v) is 5.68. The van der Waals surface area contributed by atoms with E-state index in [1.54, 1.807) is 24.5 Å². The molecule has 0 aliphatic rings. The molecule has 0 bridgehead atoms. The SMILES string of the molecule is N#COc1ccc(N)c(-c2cc(-c3ccc(-c4ccccc4)cc3)cc(-c3ccccc3)n2)c1. The van der Waals surface area contributed by atoms with Gasteiger partial charge >= 0.3 is 0 Å². The second-order valence-electron chi connectivity index (χ2n) is 7.88. The van der Waals surface area contributed by atoms with E-state index in [2.05, 4.69) is 42.5 Å². The highest BCUT2D eigenvalue weighted by Crippen LogP contribution is 2.35. The molecule has 0 amide bonds. The van der Waals surface area contributed by atoms with Gasteiger partial charge in [0.15, 0.2) is 0 Å². The maximum absolute atomic E-state index is 8.92. The molecule has 162 valence electrons. The average molecular weight is 440 g/mol. The highest BCUT2D eigenvalue weighted by Gasteiger charge is 2.12. The van der Waals surface area contributed by atoms with Gasteiger partial charge in [0.25, 0.3) is 6.26 Å². The molecule has 0 saturated heterocycles. The number of nitrogens with zero attached hydrogens (tertiary/aromatic N) is 2. The standard InChI is InChI=1S/C30H21N3O/c31-20-34-26-15-16-28(32)27(19-26)30-18-25(17-29(33-30)24-9-5-2-6-10-24)23-13-11-22(12-14-23)21-7-3-1-4-8-21/h1-19H,32H2. The Hall–Kier alpha value is -4.88. The van der Waals surface area contributed by atoms with Crippen LogP contribution in [0.2, 0.25) is 0 Å². The lowest BCUT2D eigenvalue weighted by Crippen LogP contribution is -1.96. The number of hydrogen-bond donors (Lipinski definition) is 1. The van der Waals surface area contributed by atoms with E-state index in [1.165, 1.54) is 5.56 Å². The zero-order chi connectivity index (χ0) is 23.3. The summed E-state index contributed by atoms with van der Waals surface area (Å²) in [7, 11) is 0. The molecule has 1 heterocycles. The number of aromatic nitrogens is 1. The normalized spacial score (nSPS) is 10.4. The quantitative estimate of drug-likeness (QED) is 0.232. The van der Waals surface area contributed by atoms with E-state index in [0.717, 1.165) is 27.9 Å². The molecule has 4 aromatic carbocycles. The number of anilines is 1. The van der Waals surface area contributed by atoms with Gasteiger partial charge < -0.3 is 10.5 Å². The van der Waals surface area contributed by atoms with Crippen LogP contribution in [0.5, 0.6) is 5.75 Å². The number of rotatable bonds is 5. The highest BCUT2D eigenvalue weighted by atomic mass is 16.5. The third kappa shape index (κ3) is 4.36. The number of pyridine rings is 1. The van der Waals surface area contributed by atoms with Crippen molar-refractivity contribution in [3.63, 3.8) is 0 Å². The van der Waals surface area contributed by atoms with Crippen LogP contribution in [0.3, 0.4) is 0 Å². The number of benzene rings is 4. The minimum Gasteiger partial charge on any atom is -0.398 e. The summed E-state index contributed by atoms with van der Waals surface area (Å²) in [6, 6.07) is 38.1. The van der Waals surface area contributed by atoms with Crippen LogP contribution in [0.4, 0.5) is 5.69 Å². The van der Waals surface area contributed by atoms with Gasteiger partial charge in [0.2, 0.25) is 0 Å². The second kappa shape index (κ2) is 9.32. The van der Waals surface area contributed by atoms with Gasteiger partial charge in [-0.2, -0.15) is 0 Å². The van der Waals surface area contributed by atoms with E-state index in [1.807, 2.05) is 54.6 Å². The van der Waals surface area contributed by atoms with Crippen LogP contribution in [0.15, 0.2) is 115 Å². The first-order valence-corrected chi connectivity index (χ1v) is 10.9. The van der Waals surface area contributed by atoms with Crippen LogP contribution < -0.4 is 10.5 Å². The van der Waals surface area contributed by atoms with Crippen LogP contribution in [-0.2, 0) is 0 Å². The van der Waals surface area contributed by atoms with Crippen LogP contribution in [0.25, 0.3) is 44.8 Å². The summed E-state index contributed by atoms with van der Waals surface area (Å²) in [6.45, 7) is 0. The summed E-state index contributed by atoms with van der Waals surface area (Å²) >= 11 is 0. The highest BCUT2D eigenvalue weighted by molar-refractivity contribution is 5.82. The summed E-state index contributed by atoms with van der Waals surface area (Å²) in [5, 5.41) is 8.92. The summed E-state index contributed by atoms with van der Waals surface area (Å²) in [5.74, 6) is 0.423. The zero-order valence-electron chi connectivity index (χ0n) is 18.3. The average Bonchev–Trinajstić information content (AvgIpc) is 2.91. The van der Waals surface area contributed by atoms with Crippen molar-refractivity contribution < 1.29 is 4.74 Å². The van der Waals surface area contributed by atoms with E-state index in [9.17, 15) is 0 Å². The first kappa shape index (κ1) is 21.0. The Kier molecular flexibility index (Phi) is 5.75. The van der Waals surface area contributed by atoms with Crippen molar-refractivity contribution in [1.29, 1.82) is 5.26 Å². The van der Waals surface area contributed by atoms with Crippen LogP contribution >= 0.6 is 0 Å². The van der Waals surface area contributed by atoms with E-state index >= 15 is 0 Å². The van der Waals surface area contributed by atoms with Gasteiger partial charge in [0, 0.05) is 16.8 Å². The fourth-order valence-corrected chi connectivity index (χ4v) is 3.95. The molecule has 2 N–H and O–H groups in total. The Labute approximate surface area is 198 Å². The minimum atomic E-state index is 0.423. The first-order valence-electron chi connectivity index (χ1n) is 10.9. The van der Waals surface area contributed by atoms with Gasteiger partial charge in [-0.15, -0.1) is 5.26 Å². The van der Waals surface area contributed by atoms with E-state index in [4.69, 9.17) is 20.7 Å². The van der Waals surface area contributed by atoms with Crippen LogP contribution in [-0.4, -0.2) is 4.98 Å². The van der Waals surface area contributed by atoms with Crippen LogP contribution in [0.1, 0.15) is 0 Å². The second-order valence-corrected chi connectivity index (χ2v) is 7.88. The van der Waals surface area contributed by atoms with Crippen molar-refractivity contribution in [1.82, 2.24) is 4.98 Å². The van der Waals surface area contributed by atoms with Crippen molar-refractivity contribution in [3.8, 4) is 56.8 Å². The lowest BCUT2D eigenvalue weighted by atomic mass is 9.97. The van der Waals surface area contributed by atoms with E-state index < -0.39 is 0 Å². The van der Waals surface area contributed by atoms with Gasteiger partial charge in [0.1, 0.15) is 5.75 Å². The number of nitriles is 1. The monoisotopic (exact) mass is 439 g/mol. The van der Waals surface area contributed by atoms with Gasteiger partial charge in [0.05, 0.1) is 11.4 Å². The Morgan fingerprint density at radius 3 is 1.79 bits per heavy atom. The molecular formula is C30H21N3O. The smallest absolute Gasteiger partial charge is 0.292 e. The predicted molar refractivity (Wildman–Crippen MR) is 137 cm³/mol. The Morgan fingerprint density at radius 2 is 1.15 bits per heavy atom. The largest absolute Gasteiger partial charge is 0.398 e. The fraction of sp³-hybridized carbons (Fsp3) is 0. The molecule has 0 aliphatic carbocycles. The van der Waals surface area contributed by atoms with Crippen molar-refractivity contribution >= 4 is 5.69 Å². The summed E-state index contributed by atoms with van der Waals surface area (Å²) in [6.07, 6.45) is 1.71. The molecular weight excluding hydrogens is 418 g/mol. The maximum Gasteiger partial charge on any atom is 0.292 e. The zero-order valence-corrected chi connectivity index (χ0v) is 18.3. The number of nitrogens with two attached hydrogens (primary N) is 1. The first-order chi connectivity index (χ1) is 16.7. The Bertz CT molecular complexity index is 1470. The topological polar surface area (TPSA) is 71.9 Å². The predicted octanol–water partition coefficient (Wildman–Crippen LogP) is 7.19. The molecule has 5 aromatic rings. The molecule has 1 aromatic heterocycles. The molecule has 0 unspecified atom stereocenters. The summed E-state index contributed by atoms with van der Waals surface area (Å²) in [4.78, 5) is 4.91. The van der Waals surface area contributed by atoms with E-state index in [-0.39, 0.29) is 0 Å². The van der Waals surface area contributed by atoms with Gasteiger partial charge in [-0.05, 0) is 52.6 Å². The lowest BCUT2D eigenvalue weighted by Gasteiger charge is -2.13. The van der Waals surface area contributed by atoms with Crippen molar-refractivity contribution in [2.24, 2.45) is 0 Å². The molecule has 0 aliphatic heterocycles. The van der Waals surface area contributed by atoms with E-state index in [0.29, 0.717) is 22.7 Å². The van der Waals surface area contributed by atoms with Gasteiger partial charge in [-0.1, -0.05) is 84.9 Å². The Morgan fingerprint density at radius 1 is 0.588 bits per heavy atom. The molecule has 0 spiro atoms. The molecule has 4 heteroatoms. The summed E-state index contributed by atoms with van der Waals surface area (Å²) < 4.78 is 5.03. The molecule has 0 atom stereocenters. The van der Waals surface area contributed by atoms with Crippen molar-refractivity contribution in [2.75, 3.05) is 5.73 Å². The molecule has 34 heavy (non-hydrogen) atoms. The lowest BCUT2D eigenvalue weighted by molar-refractivity contribution is 0.507. The molecule has 5 rings (SSSR count). The number of ether oxygens (including phenoxy) is 1. The van der Waals surface area contributed by atoms with Crippen molar-refractivity contribution in [3.05, 3.63) is 115 Å². The van der Waals surface area contributed by atoms with Gasteiger partial charge in [-0.3, -0.25) is 0 Å². The summed E-state index contributed by atoms with van der Waals surface area (Å²) in [5.41, 5.74) is 14.6. The van der Waals surface area contributed by atoms with Crippen LogP contribution in [0, 0.1) is 11.5 Å². The number of hydrogen-bond acceptors (Lipinski definition) is 4. The third-order valence-electron chi connectivity index (χ3n) is 5.68. The molecule has 0 fully saturated rings. The maximum atomic E-state index is 8.92. The minimum absolute atomic E-state index is 0.423. The van der Waals surface area contributed by atoms with Crippen molar-refractivity contribution in [2.45, 2.75) is 0 Å².